The second-order valence-corrected chi connectivity index (χ2v) is 6.49. The third-order valence-corrected chi connectivity index (χ3v) is 4.33. The first-order valence-electron chi connectivity index (χ1n) is 5.56. The molecule has 0 saturated heterocycles. The van der Waals surface area contributed by atoms with Crippen molar-refractivity contribution in [3.05, 3.63) is 22.7 Å². The number of fused-ring (bicyclic) bond motifs is 1. The highest BCUT2D eigenvalue weighted by molar-refractivity contribution is 9.10. The number of rotatable bonds is 3. The molecule has 0 fully saturated rings. The van der Waals surface area contributed by atoms with Gasteiger partial charge in [0.25, 0.3) is 0 Å². The zero-order valence-electron chi connectivity index (χ0n) is 9.66. The summed E-state index contributed by atoms with van der Waals surface area (Å²) in [4.78, 5) is 3.86. The first kappa shape index (κ1) is 12.3. The molecular weight excluding hydrogens is 284 g/mol. The van der Waals surface area contributed by atoms with Crippen LogP contribution in [0.15, 0.2) is 27.6 Å². The van der Waals surface area contributed by atoms with Gasteiger partial charge in [-0.25, -0.2) is 0 Å². The summed E-state index contributed by atoms with van der Waals surface area (Å²) >= 11 is 5.51. The molecule has 0 bridgehead atoms. The molecule has 0 amide bonds. The molecular formula is C12H17BrN2S. The van der Waals surface area contributed by atoms with E-state index < -0.39 is 0 Å². The summed E-state index contributed by atoms with van der Waals surface area (Å²) in [5.74, 6) is 0. The van der Waals surface area contributed by atoms with Crippen molar-refractivity contribution >= 4 is 33.4 Å². The molecule has 0 radical (unpaired) electrons. The first-order chi connectivity index (χ1) is 7.70. The predicted molar refractivity (Wildman–Crippen MR) is 75.6 cm³/mol. The molecule has 2 rings (SSSR count). The molecule has 1 heterocycles. The summed E-state index contributed by atoms with van der Waals surface area (Å²) in [5.41, 5.74) is 1.38. The van der Waals surface area contributed by atoms with Gasteiger partial charge in [0.15, 0.2) is 0 Å². The summed E-state index contributed by atoms with van der Waals surface area (Å²) in [6, 6.07) is 6.57. The Morgan fingerprint density at radius 2 is 2.38 bits per heavy atom. The Labute approximate surface area is 110 Å². The van der Waals surface area contributed by atoms with Gasteiger partial charge in [-0.1, -0.05) is 22.9 Å². The van der Waals surface area contributed by atoms with Gasteiger partial charge in [-0.05, 0) is 25.2 Å². The van der Waals surface area contributed by atoms with E-state index in [-0.39, 0.29) is 0 Å². The lowest BCUT2D eigenvalue weighted by molar-refractivity contribution is 0.704. The lowest BCUT2D eigenvalue weighted by atomic mass is 10.2. The first-order valence-corrected chi connectivity index (χ1v) is 7.23. The maximum absolute atomic E-state index is 3.54. The molecule has 16 heavy (non-hydrogen) atoms. The highest BCUT2D eigenvalue weighted by Crippen LogP contribution is 2.39. The van der Waals surface area contributed by atoms with Gasteiger partial charge in [0.1, 0.15) is 0 Å². The Morgan fingerprint density at radius 3 is 3.12 bits per heavy atom. The van der Waals surface area contributed by atoms with E-state index in [1.807, 2.05) is 18.8 Å². The van der Waals surface area contributed by atoms with E-state index in [1.165, 1.54) is 15.1 Å². The summed E-state index contributed by atoms with van der Waals surface area (Å²) in [5, 5.41) is 3.88. The smallest absolute Gasteiger partial charge is 0.0506 e. The molecule has 1 aliphatic heterocycles. The lowest BCUT2D eigenvalue weighted by Crippen LogP contribution is -2.37. The van der Waals surface area contributed by atoms with Crippen molar-refractivity contribution in [2.75, 3.05) is 31.6 Å². The summed E-state index contributed by atoms with van der Waals surface area (Å²) in [7, 11) is 2.00. The maximum Gasteiger partial charge on any atom is 0.0506 e. The van der Waals surface area contributed by atoms with Crippen LogP contribution in [0.4, 0.5) is 5.69 Å². The number of anilines is 1. The molecule has 1 atom stereocenters. The Bertz CT molecular complexity index is 370. The van der Waals surface area contributed by atoms with Crippen LogP contribution >= 0.6 is 27.7 Å². The average Bonchev–Trinajstić information content (AvgIpc) is 2.25. The third-order valence-electron chi connectivity index (χ3n) is 2.70. The van der Waals surface area contributed by atoms with E-state index in [2.05, 4.69) is 51.3 Å². The van der Waals surface area contributed by atoms with Crippen LogP contribution in [0.2, 0.25) is 0 Å². The number of hydrogen-bond donors (Lipinski definition) is 1. The van der Waals surface area contributed by atoms with Crippen LogP contribution in [0.5, 0.6) is 0 Å². The van der Waals surface area contributed by atoms with Crippen molar-refractivity contribution in [2.24, 2.45) is 0 Å². The molecule has 1 N–H and O–H groups in total. The molecule has 0 aliphatic carbocycles. The number of halogens is 1. The topological polar surface area (TPSA) is 15.3 Å². The number of thioether (sulfide) groups is 1. The Kier molecular flexibility index (Phi) is 4.16. The monoisotopic (exact) mass is 300 g/mol. The van der Waals surface area contributed by atoms with Crippen molar-refractivity contribution < 1.29 is 0 Å². The minimum atomic E-state index is 0.665. The molecule has 1 unspecified atom stereocenters. The van der Waals surface area contributed by atoms with Gasteiger partial charge in [-0.3, -0.25) is 0 Å². The van der Waals surface area contributed by atoms with Crippen molar-refractivity contribution in [2.45, 2.75) is 17.1 Å². The van der Waals surface area contributed by atoms with Gasteiger partial charge in [-0.2, -0.15) is 0 Å². The van der Waals surface area contributed by atoms with Crippen LogP contribution in [0.25, 0.3) is 0 Å². The van der Waals surface area contributed by atoms with E-state index in [0.29, 0.717) is 5.25 Å². The second-order valence-electron chi connectivity index (χ2n) is 4.09. The van der Waals surface area contributed by atoms with E-state index in [1.54, 1.807) is 0 Å². The fraction of sp³-hybridized carbons (Fsp3) is 0.500. The van der Waals surface area contributed by atoms with Gasteiger partial charge in [-0.15, -0.1) is 11.8 Å². The van der Waals surface area contributed by atoms with Crippen LogP contribution in [-0.4, -0.2) is 31.9 Å². The van der Waals surface area contributed by atoms with Crippen molar-refractivity contribution in [3.8, 4) is 0 Å². The van der Waals surface area contributed by atoms with Gasteiger partial charge in [0.2, 0.25) is 0 Å². The molecule has 1 aromatic rings. The predicted octanol–water partition coefficient (Wildman–Crippen LogP) is 2.97. The lowest BCUT2D eigenvalue weighted by Gasteiger charge is -2.34. The van der Waals surface area contributed by atoms with Crippen LogP contribution in [-0.2, 0) is 0 Å². The molecule has 0 aromatic heterocycles. The minimum Gasteiger partial charge on any atom is -0.368 e. The van der Waals surface area contributed by atoms with E-state index >= 15 is 0 Å². The quantitative estimate of drug-likeness (QED) is 0.924. The molecule has 2 nitrogen and oxygen atoms in total. The van der Waals surface area contributed by atoms with Gasteiger partial charge in [0.05, 0.1) is 5.69 Å². The highest BCUT2D eigenvalue weighted by Gasteiger charge is 2.21. The third kappa shape index (κ3) is 2.73. The Balaban J connectivity index is 2.23. The van der Waals surface area contributed by atoms with Gasteiger partial charge in [0, 0.05) is 34.3 Å². The molecule has 1 aliphatic rings. The number of hydrogen-bond acceptors (Lipinski definition) is 3. The molecule has 0 spiro atoms. The summed E-state index contributed by atoms with van der Waals surface area (Å²) < 4.78 is 1.17. The molecule has 0 saturated carbocycles. The zero-order chi connectivity index (χ0) is 11.5. The fourth-order valence-corrected chi connectivity index (χ4v) is 3.68. The maximum atomic E-state index is 3.54. The Morgan fingerprint density at radius 1 is 1.56 bits per heavy atom. The van der Waals surface area contributed by atoms with Crippen LogP contribution in [0, 0.1) is 0 Å². The standard InChI is InChI=1S/C12H17BrN2S/c1-9-8-15(6-5-14-2)11-4-3-10(13)7-12(11)16-9/h3-4,7,9,14H,5-6,8H2,1-2H3. The van der Waals surface area contributed by atoms with Gasteiger partial charge >= 0.3 is 0 Å². The molecule has 88 valence electrons. The van der Waals surface area contributed by atoms with Crippen molar-refractivity contribution in [1.29, 1.82) is 0 Å². The number of nitrogens with zero attached hydrogens (tertiary/aromatic N) is 1. The van der Waals surface area contributed by atoms with Crippen molar-refractivity contribution in [1.82, 2.24) is 5.32 Å². The fourth-order valence-electron chi connectivity index (χ4n) is 1.96. The van der Waals surface area contributed by atoms with Crippen LogP contribution in [0.3, 0.4) is 0 Å². The molecule has 1 aromatic carbocycles. The van der Waals surface area contributed by atoms with Gasteiger partial charge < -0.3 is 10.2 Å². The van der Waals surface area contributed by atoms with E-state index in [9.17, 15) is 0 Å². The van der Waals surface area contributed by atoms with Crippen molar-refractivity contribution in [3.63, 3.8) is 0 Å². The molecule has 4 heteroatoms. The average molecular weight is 301 g/mol. The van der Waals surface area contributed by atoms with E-state index in [4.69, 9.17) is 0 Å². The SMILES string of the molecule is CNCCN1CC(C)Sc2cc(Br)ccc21. The number of nitrogens with one attached hydrogen (secondary N) is 1. The normalized spacial score (nSPS) is 19.7. The Hall–Kier alpha value is -0.190. The summed E-state index contributed by atoms with van der Waals surface area (Å²) in [6.45, 7) is 5.55. The highest BCUT2D eigenvalue weighted by atomic mass is 79.9. The van der Waals surface area contributed by atoms with Crippen LogP contribution in [0.1, 0.15) is 6.92 Å². The van der Waals surface area contributed by atoms with E-state index in [0.717, 1.165) is 19.6 Å². The number of likely N-dealkylation sites (N-methyl/N-ethyl adjacent to an activating group) is 1. The zero-order valence-corrected chi connectivity index (χ0v) is 12.1. The minimum absolute atomic E-state index is 0.665. The second kappa shape index (κ2) is 5.43. The van der Waals surface area contributed by atoms with Crippen LogP contribution < -0.4 is 10.2 Å². The number of benzene rings is 1. The largest absolute Gasteiger partial charge is 0.368 e. The summed E-state index contributed by atoms with van der Waals surface area (Å²) in [6.07, 6.45) is 0.